The molecule has 1 amide bonds. The van der Waals surface area contributed by atoms with Gasteiger partial charge in [-0.2, -0.15) is 13.2 Å². The van der Waals surface area contributed by atoms with E-state index in [2.05, 4.69) is 4.98 Å². The monoisotopic (exact) mass is 421 g/mol. The molecule has 0 unspecified atom stereocenters. The number of alkyl halides is 3. The fourth-order valence-corrected chi connectivity index (χ4v) is 3.68. The molecule has 0 bridgehead atoms. The average Bonchev–Trinajstić information content (AvgIpc) is 2.75. The number of hydrogen-bond acceptors (Lipinski definition) is 3. The summed E-state index contributed by atoms with van der Waals surface area (Å²) < 4.78 is 68.1. The van der Waals surface area contributed by atoms with Gasteiger partial charge in [0.1, 0.15) is 17.2 Å². The van der Waals surface area contributed by atoms with Crippen molar-refractivity contribution in [3.05, 3.63) is 71.4 Å². The van der Waals surface area contributed by atoms with Gasteiger partial charge in [-0.15, -0.1) is 0 Å². The molecular weight excluding hydrogens is 405 g/mol. The summed E-state index contributed by atoms with van der Waals surface area (Å²) in [7, 11) is 0. The van der Waals surface area contributed by atoms with Gasteiger partial charge in [-0.3, -0.25) is 9.78 Å². The Morgan fingerprint density at radius 2 is 1.57 bits per heavy atom. The van der Waals surface area contributed by atoms with Crippen molar-refractivity contribution in [2.45, 2.75) is 6.18 Å². The Hall–Kier alpha value is -3.23. The quantitative estimate of drug-likeness (QED) is 0.572. The van der Waals surface area contributed by atoms with Gasteiger partial charge in [0, 0.05) is 32.4 Å². The molecule has 4 nitrogen and oxygen atoms in total. The van der Waals surface area contributed by atoms with E-state index in [0.717, 1.165) is 24.3 Å². The summed E-state index contributed by atoms with van der Waals surface area (Å²) >= 11 is 0. The predicted octanol–water partition coefficient (Wildman–Crippen LogP) is 4.49. The van der Waals surface area contributed by atoms with E-state index in [1.165, 1.54) is 23.2 Å². The molecule has 0 atom stereocenters. The third kappa shape index (κ3) is 3.55. The first-order valence-electron chi connectivity index (χ1n) is 9.20. The second-order valence-corrected chi connectivity index (χ2v) is 6.91. The van der Waals surface area contributed by atoms with E-state index >= 15 is 0 Å². The van der Waals surface area contributed by atoms with E-state index in [0.29, 0.717) is 5.69 Å². The van der Waals surface area contributed by atoms with Crippen molar-refractivity contribution in [3.63, 3.8) is 0 Å². The zero-order valence-electron chi connectivity index (χ0n) is 15.6. The van der Waals surface area contributed by atoms with Crippen LogP contribution in [0.25, 0.3) is 10.9 Å². The molecule has 1 aliphatic rings. The van der Waals surface area contributed by atoms with E-state index in [1.807, 2.05) is 0 Å². The first kappa shape index (κ1) is 20.1. The van der Waals surface area contributed by atoms with E-state index in [1.54, 1.807) is 11.0 Å². The molecule has 1 aliphatic heterocycles. The van der Waals surface area contributed by atoms with Crippen molar-refractivity contribution in [1.82, 2.24) is 9.88 Å². The molecule has 9 heteroatoms. The Morgan fingerprint density at radius 1 is 0.900 bits per heavy atom. The van der Waals surface area contributed by atoms with Crippen molar-refractivity contribution >= 4 is 22.5 Å². The van der Waals surface area contributed by atoms with Crippen molar-refractivity contribution in [2.24, 2.45) is 0 Å². The fraction of sp³-hybridized carbons (Fsp3) is 0.238. The SMILES string of the molecule is O=C(c1ccccc1C(F)(F)F)N1CCN(c2ccnc3c(F)ccc(F)c23)CC1. The molecule has 0 N–H and O–H groups in total. The van der Waals surface area contributed by atoms with Crippen LogP contribution in [0.3, 0.4) is 0 Å². The van der Waals surface area contributed by atoms with Gasteiger partial charge in [0.2, 0.25) is 0 Å². The number of pyridine rings is 1. The van der Waals surface area contributed by atoms with Crippen LogP contribution < -0.4 is 4.90 Å². The molecule has 2 heterocycles. The van der Waals surface area contributed by atoms with Crippen LogP contribution in [0.5, 0.6) is 0 Å². The number of benzene rings is 2. The predicted molar refractivity (Wildman–Crippen MR) is 101 cm³/mol. The molecule has 0 aliphatic carbocycles. The molecule has 0 spiro atoms. The summed E-state index contributed by atoms with van der Waals surface area (Å²) in [6.45, 7) is 0.807. The molecule has 1 aromatic heterocycles. The maximum atomic E-state index is 14.4. The number of amides is 1. The van der Waals surface area contributed by atoms with Gasteiger partial charge in [0.15, 0.2) is 0 Å². The zero-order chi connectivity index (χ0) is 21.5. The molecule has 156 valence electrons. The van der Waals surface area contributed by atoms with Gasteiger partial charge in [0.25, 0.3) is 5.91 Å². The van der Waals surface area contributed by atoms with Crippen LogP contribution in [0.4, 0.5) is 27.6 Å². The smallest absolute Gasteiger partial charge is 0.367 e. The number of aromatic nitrogens is 1. The Balaban J connectivity index is 1.57. The maximum absolute atomic E-state index is 14.4. The second-order valence-electron chi connectivity index (χ2n) is 6.91. The second kappa shape index (κ2) is 7.55. The van der Waals surface area contributed by atoms with Crippen molar-refractivity contribution in [3.8, 4) is 0 Å². The van der Waals surface area contributed by atoms with Crippen LogP contribution in [-0.2, 0) is 6.18 Å². The van der Waals surface area contributed by atoms with Crippen LogP contribution in [0.1, 0.15) is 15.9 Å². The van der Waals surface area contributed by atoms with Crippen LogP contribution in [-0.4, -0.2) is 42.0 Å². The summed E-state index contributed by atoms with van der Waals surface area (Å²) in [5, 5.41) is 0.0414. The number of anilines is 1. The largest absolute Gasteiger partial charge is 0.417 e. The topological polar surface area (TPSA) is 36.4 Å². The number of carbonyl (C=O) groups excluding carboxylic acids is 1. The number of nitrogens with zero attached hydrogens (tertiary/aromatic N) is 3. The lowest BCUT2D eigenvalue weighted by Gasteiger charge is -2.36. The summed E-state index contributed by atoms with van der Waals surface area (Å²) in [6, 6.07) is 8.25. The Morgan fingerprint density at radius 3 is 2.27 bits per heavy atom. The highest BCUT2D eigenvalue weighted by Gasteiger charge is 2.36. The van der Waals surface area contributed by atoms with E-state index in [-0.39, 0.29) is 37.1 Å². The summed E-state index contributed by atoms with van der Waals surface area (Å²) in [5.74, 6) is -1.97. The molecule has 30 heavy (non-hydrogen) atoms. The highest BCUT2D eigenvalue weighted by molar-refractivity contribution is 5.96. The van der Waals surface area contributed by atoms with Gasteiger partial charge in [-0.25, -0.2) is 8.78 Å². The normalized spacial score (nSPS) is 15.0. The average molecular weight is 421 g/mol. The highest BCUT2D eigenvalue weighted by atomic mass is 19.4. The third-order valence-corrected chi connectivity index (χ3v) is 5.14. The lowest BCUT2D eigenvalue weighted by molar-refractivity contribution is -0.138. The molecule has 1 fully saturated rings. The van der Waals surface area contributed by atoms with Gasteiger partial charge < -0.3 is 9.80 Å². The highest BCUT2D eigenvalue weighted by Crippen LogP contribution is 2.33. The zero-order valence-corrected chi connectivity index (χ0v) is 15.6. The van der Waals surface area contributed by atoms with Crippen LogP contribution >= 0.6 is 0 Å². The fourth-order valence-electron chi connectivity index (χ4n) is 3.68. The molecule has 0 radical (unpaired) electrons. The third-order valence-electron chi connectivity index (χ3n) is 5.14. The van der Waals surface area contributed by atoms with E-state index in [4.69, 9.17) is 0 Å². The molecule has 4 rings (SSSR count). The summed E-state index contributed by atoms with van der Waals surface area (Å²) in [4.78, 5) is 19.7. The standard InChI is InChI=1S/C21H16F5N3O/c22-15-5-6-16(23)19-18(15)17(7-8-27-19)28-9-11-29(12-10-28)20(30)13-3-1-2-4-14(13)21(24,25)26/h1-8H,9-12H2. The number of halogens is 5. The van der Waals surface area contributed by atoms with Crippen LogP contribution in [0.15, 0.2) is 48.7 Å². The summed E-state index contributed by atoms with van der Waals surface area (Å²) in [5.41, 5.74) is -1.04. The van der Waals surface area contributed by atoms with Crippen LogP contribution in [0, 0.1) is 11.6 Å². The van der Waals surface area contributed by atoms with E-state index in [9.17, 15) is 26.7 Å². The van der Waals surface area contributed by atoms with E-state index < -0.39 is 34.8 Å². The number of carbonyl (C=O) groups is 1. The number of hydrogen-bond donors (Lipinski definition) is 0. The molecular formula is C21H16F5N3O. The van der Waals surface area contributed by atoms with Crippen molar-refractivity contribution < 1.29 is 26.7 Å². The van der Waals surface area contributed by atoms with Gasteiger partial charge in [-0.05, 0) is 30.3 Å². The summed E-state index contributed by atoms with van der Waals surface area (Å²) in [6.07, 6.45) is -3.26. The molecule has 3 aromatic rings. The van der Waals surface area contributed by atoms with Gasteiger partial charge >= 0.3 is 6.18 Å². The van der Waals surface area contributed by atoms with Gasteiger partial charge in [-0.1, -0.05) is 12.1 Å². The molecule has 2 aromatic carbocycles. The minimum Gasteiger partial charge on any atom is -0.367 e. The minimum absolute atomic E-state index is 0.0414. The lowest BCUT2D eigenvalue weighted by Crippen LogP contribution is -2.49. The first-order chi connectivity index (χ1) is 14.3. The van der Waals surface area contributed by atoms with Crippen LogP contribution in [0.2, 0.25) is 0 Å². The van der Waals surface area contributed by atoms with Crippen molar-refractivity contribution in [1.29, 1.82) is 0 Å². The van der Waals surface area contributed by atoms with Crippen molar-refractivity contribution in [2.75, 3.05) is 31.1 Å². The maximum Gasteiger partial charge on any atom is 0.417 e. The minimum atomic E-state index is -4.63. The number of rotatable bonds is 2. The first-order valence-corrected chi connectivity index (χ1v) is 9.20. The number of fused-ring (bicyclic) bond motifs is 1. The Labute approximate surface area is 168 Å². The lowest BCUT2D eigenvalue weighted by atomic mass is 10.1. The number of piperazine rings is 1. The Bertz CT molecular complexity index is 1110. The molecule has 0 saturated carbocycles. The molecule has 1 saturated heterocycles. The Kier molecular flexibility index (Phi) is 5.05. The van der Waals surface area contributed by atoms with Gasteiger partial charge in [0.05, 0.1) is 22.2 Å².